The van der Waals surface area contributed by atoms with Crippen LogP contribution in [0.5, 0.6) is 0 Å². The van der Waals surface area contributed by atoms with Gasteiger partial charge in [0.1, 0.15) is 11.7 Å². The minimum atomic E-state index is -1.06. The first-order valence-electron chi connectivity index (χ1n) is 4.30. The van der Waals surface area contributed by atoms with Crippen molar-refractivity contribution in [2.24, 2.45) is 0 Å². The van der Waals surface area contributed by atoms with Gasteiger partial charge in [-0.15, -0.1) is 0 Å². The highest BCUT2D eigenvalue weighted by Crippen LogP contribution is 2.02. The molecule has 0 bridgehead atoms. The molecule has 1 rings (SSSR count). The van der Waals surface area contributed by atoms with Crippen LogP contribution >= 0.6 is 0 Å². The Morgan fingerprint density at radius 2 is 2.13 bits per heavy atom. The van der Waals surface area contributed by atoms with Gasteiger partial charge < -0.3 is 10.0 Å². The smallest absolute Gasteiger partial charge is 0.326 e. The Labute approximate surface area is 86.6 Å². The topological polar surface area (TPSA) is 83.4 Å². The summed E-state index contributed by atoms with van der Waals surface area (Å²) in [5.41, 5.74) is 0.133. The minimum Gasteiger partial charge on any atom is -0.480 e. The number of carbonyl (C=O) groups is 2. The lowest BCUT2D eigenvalue weighted by molar-refractivity contribution is -0.141. The Balaban J connectivity index is 2.82. The summed E-state index contributed by atoms with van der Waals surface area (Å²) >= 11 is 0. The van der Waals surface area contributed by atoms with Crippen molar-refractivity contribution >= 4 is 11.9 Å². The molecule has 0 aromatic carbocycles. The van der Waals surface area contributed by atoms with Gasteiger partial charge in [-0.05, 0) is 6.92 Å². The van der Waals surface area contributed by atoms with Crippen LogP contribution in [0.1, 0.15) is 17.4 Å². The van der Waals surface area contributed by atoms with Crippen LogP contribution in [0.25, 0.3) is 0 Å². The van der Waals surface area contributed by atoms with Crippen LogP contribution in [0.3, 0.4) is 0 Å². The predicted octanol–water partition coefficient (Wildman–Crippen LogP) is 0.0217. The van der Waals surface area contributed by atoms with Crippen molar-refractivity contribution in [3.05, 3.63) is 24.3 Å². The normalized spacial score (nSPS) is 11.9. The van der Waals surface area contributed by atoms with Gasteiger partial charge in [0.05, 0.1) is 6.20 Å². The van der Waals surface area contributed by atoms with Crippen LogP contribution in [0, 0.1) is 0 Å². The standard InChI is InChI=1S/C9H11N3O3/c1-6(9(14)15)12(2)8(13)7-5-10-3-4-11-7/h3-6H,1-2H3,(H,14,15). The minimum absolute atomic E-state index is 0.133. The molecule has 6 nitrogen and oxygen atoms in total. The summed E-state index contributed by atoms with van der Waals surface area (Å²) in [6, 6.07) is -0.889. The van der Waals surface area contributed by atoms with E-state index in [1.165, 1.54) is 32.6 Å². The second-order valence-corrected chi connectivity index (χ2v) is 3.02. The monoisotopic (exact) mass is 209 g/mol. The van der Waals surface area contributed by atoms with Crippen LogP contribution < -0.4 is 0 Å². The average Bonchev–Trinajstić information content (AvgIpc) is 2.27. The molecule has 15 heavy (non-hydrogen) atoms. The quantitative estimate of drug-likeness (QED) is 0.758. The number of rotatable bonds is 3. The second kappa shape index (κ2) is 4.50. The second-order valence-electron chi connectivity index (χ2n) is 3.02. The van der Waals surface area contributed by atoms with Crippen molar-refractivity contribution in [3.63, 3.8) is 0 Å². The zero-order valence-corrected chi connectivity index (χ0v) is 8.41. The molecule has 1 aromatic rings. The van der Waals surface area contributed by atoms with Gasteiger partial charge in [-0.2, -0.15) is 0 Å². The Kier molecular flexibility index (Phi) is 3.33. The molecule has 1 N–H and O–H groups in total. The summed E-state index contributed by atoms with van der Waals surface area (Å²) in [4.78, 5) is 30.9. The van der Waals surface area contributed by atoms with Crippen LogP contribution in [-0.2, 0) is 4.79 Å². The zero-order chi connectivity index (χ0) is 11.4. The Bertz CT molecular complexity index is 366. The van der Waals surface area contributed by atoms with Gasteiger partial charge in [-0.25, -0.2) is 9.78 Å². The lowest BCUT2D eigenvalue weighted by Crippen LogP contribution is -2.40. The lowest BCUT2D eigenvalue weighted by Gasteiger charge is -2.20. The fourth-order valence-electron chi connectivity index (χ4n) is 0.932. The van der Waals surface area contributed by atoms with Crippen molar-refractivity contribution in [2.75, 3.05) is 7.05 Å². The van der Waals surface area contributed by atoms with Gasteiger partial charge in [0.15, 0.2) is 0 Å². The van der Waals surface area contributed by atoms with E-state index in [-0.39, 0.29) is 5.69 Å². The molecule has 1 atom stereocenters. The molecule has 0 fully saturated rings. The number of amides is 1. The molecule has 0 saturated carbocycles. The third kappa shape index (κ3) is 2.49. The summed E-state index contributed by atoms with van der Waals surface area (Å²) in [5.74, 6) is -1.52. The van der Waals surface area contributed by atoms with Gasteiger partial charge in [-0.1, -0.05) is 0 Å². The number of hydrogen-bond donors (Lipinski definition) is 1. The number of carboxylic acid groups (broad SMARTS) is 1. The van der Waals surface area contributed by atoms with E-state index >= 15 is 0 Å². The van der Waals surface area contributed by atoms with E-state index < -0.39 is 17.9 Å². The number of nitrogens with zero attached hydrogens (tertiary/aromatic N) is 3. The summed E-state index contributed by atoms with van der Waals surface area (Å²) in [6.07, 6.45) is 4.12. The molecule has 6 heteroatoms. The first-order valence-corrected chi connectivity index (χ1v) is 4.30. The molecule has 1 amide bonds. The van der Waals surface area contributed by atoms with Gasteiger partial charge in [0, 0.05) is 19.4 Å². The fourth-order valence-corrected chi connectivity index (χ4v) is 0.932. The Hall–Kier alpha value is -1.98. The average molecular weight is 209 g/mol. The largest absolute Gasteiger partial charge is 0.480 e. The maximum atomic E-state index is 11.7. The predicted molar refractivity (Wildman–Crippen MR) is 51.2 cm³/mol. The number of carboxylic acids is 1. The molecule has 1 heterocycles. The fraction of sp³-hybridized carbons (Fsp3) is 0.333. The van der Waals surface area contributed by atoms with Crippen LogP contribution in [0.2, 0.25) is 0 Å². The molecule has 1 unspecified atom stereocenters. The summed E-state index contributed by atoms with van der Waals surface area (Å²) < 4.78 is 0. The SMILES string of the molecule is CC(C(=O)O)N(C)C(=O)c1cnccn1. The zero-order valence-electron chi connectivity index (χ0n) is 8.41. The van der Waals surface area contributed by atoms with E-state index in [0.717, 1.165) is 4.90 Å². The highest BCUT2D eigenvalue weighted by atomic mass is 16.4. The number of hydrogen-bond acceptors (Lipinski definition) is 4. The third-order valence-corrected chi connectivity index (χ3v) is 2.04. The molecule has 0 spiro atoms. The first-order chi connectivity index (χ1) is 7.04. The summed E-state index contributed by atoms with van der Waals surface area (Å²) in [6.45, 7) is 1.43. The molecule has 0 saturated heterocycles. The van der Waals surface area contributed by atoms with E-state index in [2.05, 4.69) is 9.97 Å². The van der Waals surface area contributed by atoms with E-state index in [1.54, 1.807) is 0 Å². The van der Waals surface area contributed by atoms with E-state index in [9.17, 15) is 9.59 Å². The number of aliphatic carboxylic acids is 1. The van der Waals surface area contributed by atoms with E-state index in [4.69, 9.17) is 5.11 Å². The van der Waals surface area contributed by atoms with Gasteiger partial charge in [0.2, 0.25) is 0 Å². The molecule has 0 radical (unpaired) electrons. The summed E-state index contributed by atoms with van der Waals surface area (Å²) in [5, 5.41) is 8.72. The van der Waals surface area contributed by atoms with E-state index in [1.807, 2.05) is 0 Å². The molecule has 80 valence electrons. The van der Waals surface area contributed by atoms with Gasteiger partial charge in [0.25, 0.3) is 5.91 Å². The maximum Gasteiger partial charge on any atom is 0.326 e. The van der Waals surface area contributed by atoms with Crippen molar-refractivity contribution in [1.82, 2.24) is 14.9 Å². The van der Waals surface area contributed by atoms with Gasteiger partial charge >= 0.3 is 5.97 Å². The highest BCUT2D eigenvalue weighted by Gasteiger charge is 2.23. The van der Waals surface area contributed by atoms with Crippen molar-refractivity contribution in [1.29, 1.82) is 0 Å². The Morgan fingerprint density at radius 1 is 1.47 bits per heavy atom. The summed E-state index contributed by atoms with van der Waals surface area (Å²) in [7, 11) is 1.41. The Morgan fingerprint density at radius 3 is 2.60 bits per heavy atom. The molecule has 0 aliphatic heterocycles. The van der Waals surface area contributed by atoms with E-state index in [0.29, 0.717) is 0 Å². The van der Waals surface area contributed by atoms with Crippen molar-refractivity contribution in [3.8, 4) is 0 Å². The van der Waals surface area contributed by atoms with Crippen LogP contribution in [0.4, 0.5) is 0 Å². The number of likely N-dealkylation sites (N-methyl/N-ethyl adjacent to an activating group) is 1. The third-order valence-electron chi connectivity index (χ3n) is 2.04. The number of carbonyl (C=O) groups excluding carboxylic acids is 1. The van der Waals surface area contributed by atoms with Crippen molar-refractivity contribution in [2.45, 2.75) is 13.0 Å². The highest BCUT2D eigenvalue weighted by molar-refractivity contribution is 5.94. The first kappa shape index (κ1) is 11.1. The lowest BCUT2D eigenvalue weighted by atomic mass is 10.3. The molecular formula is C9H11N3O3. The molecular weight excluding hydrogens is 198 g/mol. The molecule has 0 aliphatic carbocycles. The number of aromatic nitrogens is 2. The molecule has 1 aromatic heterocycles. The van der Waals surface area contributed by atoms with Crippen LogP contribution in [0.15, 0.2) is 18.6 Å². The van der Waals surface area contributed by atoms with Crippen molar-refractivity contribution < 1.29 is 14.7 Å². The maximum absolute atomic E-state index is 11.7. The van der Waals surface area contributed by atoms with Gasteiger partial charge in [-0.3, -0.25) is 9.78 Å². The molecule has 0 aliphatic rings. The van der Waals surface area contributed by atoms with Crippen LogP contribution in [-0.4, -0.2) is 44.9 Å².